The molecule has 0 N–H and O–H groups in total. The summed E-state index contributed by atoms with van der Waals surface area (Å²) in [6.45, 7) is 2.21. The fourth-order valence-electron chi connectivity index (χ4n) is 0.799. The lowest BCUT2D eigenvalue weighted by atomic mass is 10.3. The third-order valence-electron chi connectivity index (χ3n) is 1.34. The maximum Gasteiger partial charge on any atom is 0.522 e. The Kier molecular flexibility index (Phi) is 3.54. The lowest BCUT2D eigenvalue weighted by molar-refractivity contribution is 1.17. The lowest BCUT2D eigenvalue weighted by Gasteiger charge is -1.92. The van der Waals surface area contributed by atoms with Crippen LogP contribution in [0.15, 0.2) is 11.4 Å². The summed E-state index contributed by atoms with van der Waals surface area (Å²) in [6, 6.07) is 2.23. The average Bonchev–Trinajstić information content (AvgIpc) is 2.33. The highest BCUT2D eigenvalue weighted by atomic mass is 79.9. The molecule has 1 aromatic heterocycles. The quantitative estimate of drug-likeness (QED) is 0.662. The van der Waals surface area contributed by atoms with Crippen molar-refractivity contribution in [2.45, 2.75) is 13.3 Å². The highest BCUT2D eigenvalue weighted by molar-refractivity contribution is 9.23. The van der Waals surface area contributed by atoms with Crippen molar-refractivity contribution in [2.24, 2.45) is 0 Å². The molecule has 0 aliphatic carbocycles. The summed E-state index contributed by atoms with van der Waals surface area (Å²) < 4.78 is 1.61. The normalized spacial score (nSPS) is 9.11. The molecular weight excluding hydrogens is 208 g/mol. The summed E-state index contributed by atoms with van der Waals surface area (Å²) in [6.07, 6.45) is 1.19. The molecule has 0 unspecified atom stereocenters. The van der Waals surface area contributed by atoms with E-state index in [-0.39, 0.29) is 18.2 Å². The predicted octanol–water partition coefficient (Wildman–Crippen LogP) is 1.95. The first-order chi connectivity index (χ1) is 4.38. The van der Waals surface area contributed by atoms with E-state index in [0.717, 1.165) is 0 Å². The minimum atomic E-state index is -0.0754. The van der Waals surface area contributed by atoms with Gasteiger partial charge in [-0.05, 0) is 11.8 Å². The van der Waals surface area contributed by atoms with Crippen molar-refractivity contribution < 1.29 is 0 Å². The Hall–Kier alpha value is 0.946. The van der Waals surface area contributed by atoms with Crippen LogP contribution in [0.4, 0.5) is 0 Å². The van der Waals surface area contributed by atoms with Crippen molar-refractivity contribution in [1.29, 1.82) is 0 Å². The second-order valence-electron chi connectivity index (χ2n) is 1.86. The van der Waals surface area contributed by atoms with Crippen molar-refractivity contribution in [1.82, 2.24) is 0 Å². The molecule has 0 saturated heterocycles. The zero-order valence-electron chi connectivity index (χ0n) is 5.36. The van der Waals surface area contributed by atoms with Gasteiger partial charge < -0.3 is 0 Å². The van der Waals surface area contributed by atoms with Gasteiger partial charge in [0.25, 0.3) is 0 Å². The molecule has 0 amide bonds. The molecule has 0 spiro atoms. The standard InChI is InChI=1S/C6H7S.BrH.Mg/c1-2-6-3-4-7-5-6;;/h3-4H,2H2,1H3;1H;/q;;+1/p-1. The molecule has 0 aliphatic heterocycles. The van der Waals surface area contributed by atoms with Crippen LogP contribution in [-0.2, 0) is 6.42 Å². The molecule has 9 heavy (non-hydrogen) atoms. The Morgan fingerprint density at radius 2 is 2.56 bits per heavy atom. The van der Waals surface area contributed by atoms with Crippen LogP contribution in [0.1, 0.15) is 12.5 Å². The second kappa shape index (κ2) is 3.96. The molecule has 1 heterocycles. The van der Waals surface area contributed by atoms with Gasteiger partial charge in [0, 0.05) is 0 Å². The fraction of sp³-hybridized carbons (Fsp3) is 0.333. The number of aryl methyl sites for hydroxylation is 1. The number of rotatable bonds is 2. The van der Waals surface area contributed by atoms with Crippen molar-refractivity contribution in [3.05, 3.63) is 17.0 Å². The van der Waals surface area contributed by atoms with Gasteiger partial charge >= 0.3 is 18.2 Å². The Morgan fingerprint density at radius 1 is 1.78 bits per heavy atom. The number of thiophene rings is 1. The molecule has 0 atom stereocenters. The van der Waals surface area contributed by atoms with Crippen LogP contribution in [-0.4, -0.2) is 18.2 Å². The van der Waals surface area contributed by atoms with Crippen LogP contribution in [0.25, 0.3) is 0 Å². The van der Waals surface area contributed by atoms with Crippen LogP contribution in [0.5, 0.6) is 0 Å². The topological polar surface area (TPSA) is 0 Å². The van der Waals surface area contributed by atoms with E-state index in [1.807, 2.05) is 11.3 Å². The van der Waals surface area contributed by atoms with Crippen molar-refractivity contribution in [2.75, 3.05) is 0 Å². The fourth-order valence-corrected chi connectivity index (χ4v) is 4.91. The number of halogens is 1. The van der Waals surface area contributed by atoms with Gasteiger partial charge in [-0.2, -0.15) is 11.3 Å². The molecule has 0 fully saturated rings. The van der Waals surface area contributed by atoms with Gasteiger partial charge in [-0.1, -0.05) is 21.6 Å². The molecule has 0 bridgehead atoms. The van der Waals surface area contributed by atoms with Crippen molar-refractivity contribution in [3.63, 3.8) is 0 Å². The lowest BCUT2D eigenvalue weighted by Crippen LogP contribution is -2.07. The van der Waals surface area contributed by atoms with E-state index in [1.54, 1.807) is 8.57 Å². The Balaban J connectivity index is 2.85. The third kappa shape index (κ3) is 1.93. The molecule has 3 heteroatoms. The Labute approximate surface area is 75.3 Å². The SMILES string of the molecule is CCc1ccs[c]1[Mg][Br]. The van der Waals surface area contributed by atoms with Gasteiger partial charge in [-0.3, -0.25) is 12.9 Å². The highest BCUT2D eigenvalue weighted by Gasteiger charge is 2.01. The Morgan fingerprint density at radius 3 is 3.00 bits per heavy atom. The first-order valence-corrected chi connectivity index (χ1v) is 8.48. The summed E-state index contributed by atoms with van der Waals surface area (Å²) in [5.74, 6) is 0. The molecule has 0 saturated carbocycles. The van der Waals surface area contributed by atoms with Gasteiger partial charge in [0.05, 0.1) is 0 Å². The molecule has 0 aliphatic rings. The van der Waals surface area contributed by atoms with E-state index in [2.05, 4.69) is 31.3 Å². The van der Waals surface area contributed by atoms with Gasteiger partial charge in [0.2, 0.25) is 0 Å². The van der Waals surface area contributed by atoms with E-state index in [1.165, 1.54) is 6.42 Å². The van der Waals surface area contributed by atoms with Crippen molar-refractivity contribution in [3.8, 4) is 0 Å². The summed E-state index contributed by atoms with van der Waals surface area (Å²) in [5, 5.41) is 2.18. The zero-order chi connectivity index (χ0) is 6.69. The van der Waals surface area contributed by atoms with E-state index >= 15 is 0 Å². The molecular formula is C6H7BrMgS. The maximum absolute atomic E-state index is 3.58. The largest absolute Gasteiger partial charge is 0.522 e. The summed E-state index contributed by atoms with van der Waals surface area (Å²) in [5.41, 5.74) is 1.54. The van der Waals surface area contributed by atoms with Crippen LogP contribution in [0.2, 0.25) is 0 Å². The molecule has 0 nitrogen and oxygen atoms in total. The molecule has 1 rings (SSSR count). The van der Waals surface area contributed by atoms with Crippen LogP contribution in [0, 0.1) is 0 Å². The molecule has 0 radical (unpaired) electrons. The average molecular weight is 215 g/mol. The van der Waals surface area contributed by atoms with Gasteiger partial charge in [-0.15, -0.1) is 0 Å². The van der Waals surface area contributed by atoms with Crippen molar-refractivity contribution >= 4 is 45.4 Å². The molecule has 1 aromatic rings. The summed E-state index contributed by atoms with van der Waals surface area (Å²) in [4.78, 5) is 0. The van der Waals surface area contributed by atoms with E-state index in [9.17, 15) is 0 Å². The maximum atomic E-state index is 3.58. The molecule has 0 aromatic carbocycles. The van der Waals surface area contributed by atoms with Gasteiger partial charge in [-0.25, -0.2) is 0 Å². The molecule has 46 valence electrons. The zero-order valence-corrected chi connectivity index (χ0v) is 9.17. The summed E-state index contributed by atoms with van der Waals surface area (Å²) >= 11 is 5.39. The van der Waals surface area contributed by atoms with Crippen LogP contribution in [0.3, 0.4) is 0 Å². The van der Waals surface area contributed by atoms with Crippen LogP contribution < -0.4 is 3.01 Å². The van der Waals surface area contributed by atoms with E-state index in [4.69, 9.17) is 0 Å². The van der Waals surface area contributed by atoms with Crippen LogP contribution >= 0.6 is 24.2 Å². The van der Waals surface area contributed by atoms with E-state index in [0.29, 0.717) is 0 Å². The van der Waals surface area contributed by atoms with E-state index < -0.39 is 0 Å². The number of hydrogen-bond donors (Lipinski definition) is 0. The van der Waals surface area contributed by atoms with Gasteiger partial charge in [0.1, 0.15) is 0 Å². The first kappa shape index (κ1) is 8.05. The second-order valence-corrected chi connectivity index (χ2v) is 6.03. The highest BCUT2D eigenvalue weighted by Crippen LogP contribution is 2.03. The minimum Gasteiger partial charge on any atom is -0.295 e. The minimum absolute atomic E-state index is 0.0754. The monoisotopic (exact) mass is 214 g/mol. The Bertz CT molecular complexity index is 166. The smallest absolute Gasteiger partial charge is 0.295 e. The summed E-state index contributed by atoms with van der Waals surface area (Å²) in [7, 11) is 0. The number of hydrogen-bond acceptors (Lipinski definition) is 1. The third-order valence-corrected chi connectivity index (χ3v) is 6.58. The predicted molar refractivity (Wildman–Crippen MR) is 48.0 cm³/mol. The first-order valence-electron chi connectivity index (χ1n) is 2.99. The van der Waals surface area contributed by atoms with Gasteiger partial charge in [0.15, 0.2) is 0 Å².